The van der Waals surface area contributed by atoms with Crippen LogP contribution in [0.15, 0.2) is 58.6 Å². The van der Waals surface area contributed by atoms with Crippen LogP contribution < -0.4 is 5.32 Å². The number of piperazine rings is 1. The van der Waals surface area contributed by atoms with Crippen LogP contribution in [0.1, 0.15) is 25.8 Å². The Balaban J connectivity index is 1.50. The minimum atomic E-state index is -3.54. The van der Waals surface area contributed by atoms with Crippen LogP contribution in [0.4, 0.5) is 0 Å². The Bertz CT molecular complexity index is 976. The van der Waals surface area contributed by atoms with Crippen molar-refractivity contribution < 1.29 is 13.2 Å². The van der Waals surface area contributed by atoms with Crippen LogP contribution >= 0.6 is 11.8 Å². The molecule has 1 amide bonds. The summed E-state index contributed by atoms with van der Waals surface area (Å²) in [7, 11) is -1.55. The standard InChI is InChI=1S/C23H32N4O3S2/c1-18(9-10-20-7-5-4-6-8-20)25-23(28)19(2)31-22-12-11-21(17-24-22)32(29,30)27-15-13-26(3)14-16-27/h4-8,11-12,17-19H,9-10,13-16H2,1-3H3,(H,25,28). The summed E-state index contributed by atoms with van der Waals surface area (Å²) in [6, 6.07) is 13.5. The van der Waals surface area contributed by atoms with E-state index in [2.05, 4.69) is 27.3 Å². The Labute approximate surface area is 195 Å². The lowest BCUT2D eigenvalue weighted by Crippen LogP contribution is -2.47. The second-order valence-electron chi connectivity index (χ2n) is 8.23. The molecular formula is C23H32N4O3S2. The molecule has 7 nitrogen and oxygen atoms in total. The molecule has 9 heteroatoms. The van der Waals surface area contributed by atoms with Crippen molar-refractivity contribution in [1.29, 1.82) is 0 Å². The number of hydrogen-bond acceptors (Lipinski definition) is 6. The van der Waals surface area contributed by atoms with Crippen molar-refractivity contribution in [2.75, 3.05) is 33.2 Å². The van der Waals surface area contributed by atoms with E-state index >= 15 is 0 Å². The molecule has 0 aliphatic carbocycles. The highest BCUT2D eigenvalue weighted by Crippen LogP contribution is 2.24. The van der Waals surface area contributed by atoms with Gasteiger partial charge in [-0.05, 0) is 51.4 Å². The number of hydrogen-bond donors (Lipinski definition) is 1. The third kappa shape index (κ3) is 6.78. The predicted molar refractivity (Wildman–Crippen MR) is 128 cm³/mol. The molecule has 1 aromatic carbocycles. The number of carbonyl (C=O) groups is 1. The third-order valence-electron chi connectivity index (χ3n) is 5.57. The highest BCUT2D eigenvalue weighted by atomic mass is 32.2. The summed E-state index contributed by atoms with van der Waals surface area (Å²) in [5.41, 5.74) is 1.26. The second-order valence-corrected chi connectivity index (χ2v) is 11.5. The van der Waals surface area contributed by atoms with Crippen molar-refractivity contribution >= 4 is 27.7 Å². The highest BCUT2D eigenvalue weighted by Gasteiger charge is 2.28. The van der Waals surface area contributed by atoms with Crippen molar-refractivity contribution in [2.24, 2.45) is 0 Å². The zero-order chi connectivity index (χ0) is 23.1. The number of sulfonamides is 1. The first-order valence-electron chi connectivity index (χ1n) is 10.9. The van der Waals surface area contributed by atoms with E-state index in [9.17, 15) is 13.2 Å². The molecule has 2 aromatic rings. The molecule has 2 atom stereocenters. The van der Waals surface area contributed by atoms with Gasteiger partial charge >= 0.3 is 0 Å². The zero-order valence-electron chi connectivity index (χ0n) is 18.9. The maximum atomic E-state index is 12.8. The molecule has 2 heterocycles. The fraction of sp³-hybridized carbons (Fsp3) is 0.478. The van der Waals surface area contributed by atoms with Crippen LogP contribution in [0.5, 0.6) is 0 Å². The van der Waals surface area contributed by atoms with Gasteiger partial charge in [0.25, 0.3) is 0 Å². The van der Waals surface area contributed by atoms with E-state index < -0.39 is 10.0 Å². The molecular weight excluding hydrogens is 444 g/mol. The van der Waals surface area contributed by atoms with Gasteiger partial charge in [-0.3, -0.25) is 4.79 Å². The van der Waals surface area contributed by atoms with E-state index in [4.69, 9.17) is 0 Å². The average Bonchev–Trinajstić information content (AvgIpc) is 2.79. The van der Waals surface area contributed by atoms with Gasteiger partial charge in [0.2, 0.25) is 15.9 Å². The summed E-state index contributed by atoms with van der Waals surface area (Å²) in [5, 5.41) is 3.35. The number of carbonyl (C=O) groups excluding carboxylic acids is 1. The molecule has 3 rings (SSSR count). The van der Waals surface area contributed by atoms with Gasteiger partial charge in [0.15, 0.2) is 0 Å². The van der Waals surface area contributed by atoms with Gasteiger partial charge < -0.3 is 10.2 Å². The Morgan fingerprint density at radius 2 is 1.78 bits per heavy atom. The van der Waals surface area contributed by atoms with Crippen LogP contribution in [0.25, 0.3) is 0 Å². The maximum Gasteiger partial charge on any atom is 0.244 e. The molecule has 1 fully saturated rings. The van der Waals surface area contributed by atoms with Crippen LogP contribution in [0.2, 0.25) is 0 Å². The minimum absolute atomic E-state index is 0.0495. The molecule has 174 valence electrons. The molecule has 2 unspecified atom stereocenters. The number of benzene rings is 1. The quantitative estimate of drug-likeness (QED) is 0.561. The zero-order valence-corrected chi connectivity index (χ0v) is 20.5. The van der Waals surface area contributed by atoms with Crippen molar-refractivity contribution in [1.82, 2.24) is 19.5 Å². The molecule has 0 spiro atoms. The number of rotatable bonds is 9. The van der Waals surface area contributed by atoms with Gasteiger partial charge in [0.05, 0.1) is 10.3 Å². The first kappa shape index (κ1) is 24.7. The normalized spacial score (nSPS) is 17.6. The largest absolute Gasteiger partial charge is 0.353 e. The Morgan fingerprint density at radius 3 is 2.41 bits per heavy atom. The number of aryl methyl sites for hydroxylation is 1. The van der Waals surface area contributed by atoms with E-state index in [1.54, 1.807) is 12.1 Å². The third-order valence-corrected chi connectivity index (χ3v) is 8.51. The number of thioether (sulfide) groups is 1. The van der Waals surface area contributed by atoms with Gasteiger partial charge in [0.1, 0.15) is 4.90 Å². The SMILES string of the molecule is CC(CCc1ccccc1)NC(=O)C(C)Sc1ccc(S(=O)(=O)N2CCN(C)CC2)cn1. The van der Waals surface area contributed by atoms with Gasteiger partial charge in [-0.1, -0.05) is 42.1 Å². The van der Waals surface area contributed by atoms with E-state index in [1.165, 1.54) is 27.8 Å². The van der Waals surface area contributed by atoms with Crippen molar-refractivity contribution in [3.05, 3.63) is 54.2 Å². The van der Waals surface area contributed by atoms with Crippen LogP contribution in [-0.2, 0) is 21.2 Å². The van der Waals surface area contributed by atoms with Crippen molar-refractivity contribution in [2.45, 2.75) is 47.9 Å². The number of aromatic nitrogens is 1. The van der Waals surface area contributed by atoms with E-state index in [-0.39, 0.29) is 22.1 Å². The molecule has 1 saturated heterocycles. The van der Waals surface area contributed by atoms with Crippen molar-refractivity contribution in [3.8, 4) is 0 Å². The molecule has 1 N–H and O–H groups in total. The summed E-state index contributed by atoms with van der Waals surface area (Å²) in [5.74, 6) is -0.0495. The summed E-state index contributed by atoms with van der Waals surface area (Å²) in [6.07, 6.45) is 3.17. The first-order chi connectivity index (χ1) is 15.3. The fourth-order valence-electron chi connectivity index (χ4n) is 3.46. The summed E-state index contributed by atoms with van der Waals surface area (Å²) in [4.78, 5) is 19.2. The Morgan fingerprint density at radius 1 is 1.09 bits per heavy atom. The number of pyridine rings is 1. The topological polar surface area (TPSA) is 82.6 Å². The van der Waals surface area contributed by atoms with E-state index in [0.29, 0.717) is 18.1 Å². The monoisotopic (exact) mass is 476 g/mol. The molecule has 1 aliphatic rings. The van der Waals surface area contributed by atoms with Crippen LogP contribution in [0, 0.1) is 0 Å². The smallest absolute Gasteiger partial charge is 0.244 e. The highest BCUT2D eigenvalue weighted by molar-refractivity contribution is 8.00. The predicted octanol–water partition coefficient (Wildman–Crippen LogP) is 2.64. The number of amides is 1. The summed E-state index contributed by atoms with van der Waals surface area (Å²) >= 11 is 1.33. The van der Waals surface area contributed by atoms with Gasteiger partial charge in [-0.15, -0.1) is 0 Å². The van der Waals surface area contributed by atoms with Gasteiger partial charge in [0, 0.05) is 38.4 Å². The van der Waals surface area contributed by atoms with Crippen LogP contribution in [-0.4, -0.2) is 73.0 Å². The molecule has 0 bridgehead atoms. The number of nitrogens with one attached hydrogen (secondary N) is 1. The number of likely N-dealkylation sites (N-methyl/N-ethyl adjacent to an activating group) is 1. The van der Waals surface area contributed by atoms with Gasteiger partial charge in [-0.2, -0.15) is 4.31 Å². The summed E-state index contributed by atoms with van der Waals surface area (Å²) < 4.78 is 27.1. The minimum Gasteiger partial charge on any atom is -0.353 e. The lowest BCUT2D eigenvalue weighted by molar-refractivity contribution is -0.120. The molecule has 0 radical (unpaired) electrons. The lowest BCUT2D eigenvalue weighted by atomic mass is 10.1. The van der Waals surface area contributed by atoms with Crippen LogP contribution in [0.3, 0.4) is 0 Å². The fourth-order valence-corrected chi connectivity index (χ4v) is 5.63. The Hall–Kier alpha value is -1.94. The Kier molecular flexibility index (Phi) is 8.70. The first-order valence-corrected chi connectivity index (χ1v) is 13.2. The molecule has 1 aromatic heterocycles. The molecule has 0 saturated carbocycles. The van der Waals surface area contributed by atoms with Gasteiger partial charge in [-0.25, -0.2) is 13.4 Å². The van der Waals surface area contributed by atoms with Crippen molar-refractivity contribution in [3.63, 3.8) is 0 Å². The lowest BCUT2D eigenvalue weighted by Gasteiger charge is -2.31. The maximum absolute atomic E-state index is 12.8. The average molecular weight is 477 g/mol. The second kappa shape index (κ2) is 11.3. The number of nitrogens with zero attached hydrogens (tertiary/aromatic N) is 3. The van der Waals surface area contributed by atoms with E-state index in [0.717, 1.165) is 25.9 Å². The molecule has 1 aliphatic heterocycles. The summed E-state index contributed by atoms with van der Waals surface area (Å²) in [6.45, 7) is 6.24. The van der Waals surface area contributed by atoms with E-state index in [1.807, 2.05) is 39.1 Å². The molecule has 32 heavy (non-hydrogen) atoms.